The zero-order chi connectivity index (χ0) is 18.4. The maximum Gasteiger partial charge on any atom is 0.317 e. The van der Waals surface area contributed by atoms with Crippen molar-refractivity contribution in [2.45, 2.75) is 19.4 Å². The number of hydrogen-bond acceptors (Lipinski definition) is 5. The third-order valence-corrected chi connectivity index (χ3v) is 5.24. The van der Waals surface area contributed by atoms with E-state index in [2.05, 4.69) is 15.2 Å². The first-order chi connectivity index (χ1) is 12.6. The van der Waals surface area contributed by atoms with Crippen LogP contribution in [0.4, 0.5) is 10.6 Å². The van der Waals surface area contributed by atoms with E-state index >= 15 is 0 Å². The molecule has 26 heavy (non-hydrogen) atoms. The highest BCUT2D eigenvalue weighted by Crippen LogP contribution is 2.17. The lowest BCUT2D eigenvalue weighted by atomic mass is 9.99. The Kier molecular flexibility index (Phi) is 6.68. The lowest BCUT2D eigenvalue weighted by Crippen LogP contribution is -2.52. The Balaban J connectivity index is 1.42. The summed E-state index contributed by atoms with van der Waals surface area (Å²) in [6, 6.07) is 3.93. The summed E-state index contributed by atoms with van der Waals surface area (Å²) in [5, 5.41) is 3.05. The van der Waals surface area contributed by atoms with Crippen molar-refractivity contribution in [2.24, 2.45) is 5.92 Å². The normalized spacial score (nSPS) is 19.4. The summed E-state index contributed by atoms with van der Waals surface area (Å²) in [5.41, 5.74) is 1.03. The molecule has 0 spiro atoms. The summed E-state index contributed by atoms with van der Waals surface area (Å²) in [6.45, 7) is 6.95. The third-order valence-electron chi connectivity index (χ3n) is 5.24. The molecule has 0 aliphatic carbocycles. The highest BCUT2D eigenvalue weighted by Gasteiger charge is 2.24. The SMILES string of the molecule is CN(C)c1ncccc1CNC(=O)N1CCN(CC2CCOCC2)CC1. The van der Waals surface area contributed by atoms with Crippen LogP contribution in [0.15, 0.2) is 18.3 Å². The van der Waals surface area contributed by atoms with Crippen LogP contribution in [0.25, 0.3) is 0 Å². The van der Waals surface area contributed by atoms with Gasteiger partial charge in [-0.05, 0) is 24.8 Å². The summed E-state index contributed by atoms with van der Waals surface area (Å²) in [4.78, 5) is 23.3. The van der Waals surface area contributed by atoms with E-state index in [0.717, 1.165) is 63.2 Å². The first kappa shape index (κ1) is 18.9. The van der Waals surface area contributed by atoms with Crippen LogP contribution in [-0.4, -0.2) is 80.8 Å². The number of piperazine rings is 1. The molecule has 3 rings (SSSR count). The van der Waals surface area contributed by atoms with E-state index in [1.807, 2.05) is 36.0 Å². The van der Waals surface area contributed by atoms with E-state index in [1.54, 1.807) is 6.20 Å². The first-order valence-corrected chi connectivity index (χ1v) is 9.57. The average molecular weight is 361 g/mol. The second kappa shape index (κ2) is 9.19. The van der Waals surface area contributed by atoms with Gasteiger partial charge in [0.2, 0.25) is 0 Å². The molecule has 144 valence electrons. The fourth-order valence-electron chi connectivity index (χ4n) is 3.68. The summed E-state index contributed by atoms with van der Waals surface area (Å²) in [6.07, 6.45) is 4.11. The van der Waals surface area contributed by atoms with Gasteiger partial charge in [0.05, 0.1) is 0 Å². The Morgan fingerprint density at radius 2 is 2.00 bits per heavy atom. The van der Waals surface area contributed by atoms with Crippen LogP contribution in [0.1, 0.15) is 18.4 Å². The average Bonchev–Trinajstić information content (AvgIpc) is 2.67. The molecule has 2 aliphatic heterocycles. The number of nitrogens with one attached hydrogen (secondary N) is 1. The van der Waals surface area contributed by atoms with Crippen molar-refractivity contribution in [2.75, 3.05) is 64.9 Å². The molecule has 1 aromatic rings. The van der Waals surface area contributed by atoms with Crippen LogP contribution in [-0.2, 0) is 11.3 Å². The number of aromatic nitrogens is 1. The van der Waals surface area contributed by atoms with Gasteiger partial charge in [0, 0.05) is 78.3 Å². The van der Waals surface area contributed by atoms with Gasteiger partial charge in [0.25, 0.3) is 0 Å². The number of ether oxygens (including phenoxy) is 1. The van der Waals surface area contributed by atoms with E-state index < -0.39 is 0 Å². The maximum absolute atomic E-state index is 12.5. The fraction of sp³-hybridized carbons (Fsp3) is 0.684. The van der Waals surface area contributed by atoms with E-state index in [9.17, 15) is 4.79 Å². The minimum atomic E-state index is 0.0178. The molecule has 1 aromatic heterocycles. The van der Waals surface area contributed by atoms with Gasteiger partial charge in [-0.15, -0.1) is 0 Å². The summed E-state index contributed by atoms with van der Waals surface area (Å²) in [7, 11) is 3.93. The van der Waals surface area contributed by atoms with Gasteiger partial charge in [-0.2, -0.15) is 0 Å². The molecule has 0 atom stereocenters. The standard InChI is InChI=1S/C19H31N5O2/c1-22(2)18-17(4-3-7-20-18)14-21-19(25)24-10-8-23(9-11-24)15-16-5-12-26-13-6-16/h3-4,7,16H,5-6,8-15H2,1-2H3,(H,21,25). The molecular weight excluding hydrogens is 330 g/mol. The molecular formula is C19H31N5O2. The van der Waals surface area contributed by atoms with Gasteiger partial charge in [-0.3, -0.25) is 4.90 Å². The predicted molar refractivity (Wildman–Crippen MR) is 102 cm³/mol. The lowest BCUT2D eigenvalue weighted by molar-refractivity contribution is 0.0452. The zero-order valence-electron chi connectivity index (χ0n) is 16.0. The van der Waals surface area contributed by atoms with Crippen molar-refractivity contribution in [1.82, 2.24) is 20.1 Å². The van der Waals surface area contributed by atoms with Crippen molar-refractivity contribution in [3.8, 4) is 0 Å². The van der Waals surface area contributed by atoms with Crippen molar-refractivity contribution >= 4 is 11.8 Å². The second-order valence-electron chi connectivity index (χ2n) is 7.38. The summed E-state index contributed by atoms with van der Waals surface area (Å²) < 4.78 is 5.44. The molecule has 2 fully saturated rings. The Labute approximate surface area is 156 Å². The number of rotatable bonds is 5. The topological polar surface area (TPSA) is 60.9 Å². The quantitative estimate of drug-likeness (QED) is 0.859. The highest BCUT2D eigenvalue weighted by atomic mass is 16.5. The number of pyridine rings is 1. The molecule has 7 nitrogen and oxygen atoms in total. The minimum absolute atomic E-state index is 0.0178. The lowest BCUT2D eigenvalue weighted by Gasteiger charge is -2.37. The van der Waals surface area contributed by atoms with Gasteiger partial charge in [0.15, 0.2) is 0 Å². The molecule has 2 amide bonds. The van der Waals surface area contributed by atoms with Gasteiger partial charge in [0.1, 0.15) is 5.82 Å². The van der Waals surface area contributed by atoms with Crippen LogP contribution in [0, 0.1) is 5.92 Å². The molecule has 2 saturated heterocycles. The Hall–Kier alpha value is -1.86. The van der Waals surface area contributed by atoms with Gasteiger partial charge >= 0.3 is 6.03 Å². The molecule has 7 heteroatoms. The monoisotopic (exact) mass is 361 g/mol. The van der Waals surface area contributed by atoms with E-state index in [-0.39, 0.29) is 6.03 Å². The number of carbonyl (C=O) groups is 1. The van der Waals surface area contributed by atoms with E-state index in [0.29, 0.717) is 6.54 Å². The predicted octanol–water partition coefficient (Wildman–Crippen LogP) is 1.40. The smallest absolute Gasteiger partial charge is 0.317 e. The molecule has 0 aromatic carbocycles. The van der Waals surface area contributed by atoms with Crippen LogP contribution in [0.5, 0.6) is 0 Å². The third kappa shape index (κ3) is 5.08. The number of anilines is 1. The molecule has 0 bridgehead atoms. The van der Waals surface area contributed by atoms with Gasteiger partial charge < -0.3 is 19.9 Å². The van der Waals surface area contributed by atoms with E-state index in [1.165, 1.54) is 12.8 Å². The maximum atomic E-state index is 12.5. The number of nitrogens with zero attached hydrogens (tertiary/aromatic N) is 4. The van der Waals surface area contributed by atoms with E-state index in [4.69, 9.17) is 4.74 Å². The number of carbonyl (C=O) groups excluding carboxylic acids is 1. The van der Waals surface area contributed by atoms with Crippen LogP contribution < -0.4 is 10.2 Å². The Morgan fingerprint density at radius 1 is 1.27 bits per heavy atom. The fourth-order valence-corrected chi connectivity index (χ4v) is 3.68. The Bertz CT molecular complexity index is 581. The molecule has 2 aliphatic rings. The number of amides is 2. The molecule has 3 heterocycles. The zero-order valence-corrected chi connectivity index (χ0v) is 16.0. The highest BCUT2D eigenvalue weighted by molar-refractivity contribution is 5.74. The van der Waals surface area contributed by atoms with Crippen LogP contribution >= 0.6 is 0 Å². The van der Waals surface area contributed by atoms with Crippen LogP contribution in [0.2, 0.25) is 0 Å². The second-order valence-corrected chi connectivity index (χ2v) is 7.38. The van der Waals surface area contributed by atoms with Crippen molar-refractivity contribution < 1.29 is 9.53 Å². The van der Waals surface area contributed by atoms with Gasteiger partial charge in [-0.25, -0.2) is 9.78 Å². The Morgan fingerprint density at radius 3 is 2.69 bits per heavy atom. The molecule has 0 radical (unpaired) electrons. The number of urea groups is 1. The summed E-state index contributed by atoms with van der Waals surface area (Å²) in [5.74, 6) is 1.65. The summed E-state index contributed by atoms with van der Waals surface area (Å²) >= 11 is 0. The molecule has 1 N–H and O–H groups in total. The first-order valence-electron chi connectivity index (χ1n) is 9.57. The van der Waals surface area contributed by atoms with Gasteiger partial charge in [-0.1, -0.05) is 6.07 Å². The molecule has 0 saturated carbocycles. The minimum Gasteiger partial charge on any atom is -0.381 e. The van der Waals surface area contributed by atoms with Crippen LogP contribution in [0.3, 0.4) is 0 Å². The number of hydrogen-bond donors (Lipinski definition) is 1. The van der Waals surface area contributed by atoms with Crippen molar-refractivity contribution in [3.05, 3.63) is 23.9 Å². The molecule has 0 unspecified atom stereocenters. The van der Waals surface area contributed by atoms with Crippen molar-refractivity contribution in [1.29, 1.82) is 0 Å². The largest absolute Gasteiger partial charge is 0.381 e. The van der Waals surface area contributed by atoms with Crippen molar-refractivity contribution in [3.63, 3.8) is 0 Å².